The van der Waals surface area contributed by atoms with Crippen LogP contribution in [0, 0.1) is 5.92 Å². The molecule has 1 aliphatic heterocycles. The van der Waals surface area contributed by atoms with E-state index in [1.165, 1.54) is 32.1 Å². The molecule has 0 atom stereocenters. The summed E-state index contributed by atoms with van der Waals surface area (Å²) in [4.78, 5) is 14.0. The number of aliphatic imine (C=N–C) groups is 2. The molecule has 1 fully saturated rings. The second-order valence-electron chi connectivity index (χ2n) is 5.53. The smallest absolute Gasteiger partial charge is 0.226 e. The fourth-order valence-corrected chi connectivity index (χ4v) is 2.55. The van der Waals surface area contributed by atoms with Gasteiger partial charge in [0.05, 0.1) is 6.61 Å². The molecule has 0 aromatic rings. The van der Waals surface area contributed by atoms with Crippen LogP contribution in [0.1, 0.15) is 46.0 Å². The molecule has 6 nitrogen and oxygen atoms in total. The summed E-state index contributed by atoms with van der Waals surface area (Å²) >= 11 is 0. The van der Waals surface area contributed by atoms with Crippen molar-refractivity contribution < 1.29 is 4.84 Å². The van der Waals surface area contributed by atoms with Crippen molar-refractivity contribution in [2.24, 2.45) is 27.4 Å². The average Bonchev–Trinajstić information content (AvgIpc) is 2.27. The van der Waals surface area contributed by atoms with E-state index in [9.17, 15) is 0 Å². The molecule has 0 spiro atoms. The zero-order valence-electron chi connectivity index (χ0n) is 11.6. The van der Waals surface area contributed by atoms with Crippen molar-refractivity contribution in [1.82, 2.24) is 5.06 Å². The lowest BCUT2D eigenvalue weighted by Gasteiger charge is -2.37. The fraction of sp³-hybridized carbons (Fsp3) is 0.833. The topological polar surface area (TPSA) is 89.2 Å². The molecule has 0 saturated heterocycles. The number of hydrogen-bond donors (Lipinski definition) is 2. The second kappa shape index (κ2) is 6.56. The molecule has 0 aromatic heterocycles. The van der Waals surface area contributed by atoms with Gasteiger partial charge in [0.25, 0.3) is 0 Å². The Morgan fingerprint density at radius 1 is 1.26 bits per heavy atom. The lowest BCUT2D eigenvalue weighted by molar-refractivity contribution is -0.169. The minimum atomic E-state index is -0.593. The summed E-state index contributed by atoms with van der Waals surface area (Å²) in [6.07, 6.45) is 6.40. The lowest BCUT2D eigenvalue weighted by atomic mass is 9.90. The number of rotatable bonds is 3. The van der Waals surface area contributed by atoms with Crippen LogP contribution in [0.5, 0.6) is 0 Å². The summed E-state index contributed by atoms with van der Waals surface area (Å²) in [7, 11) is 0. The third-order valence-corrected chi connectivity index (χ3v) is 3.49. The molecule has 7 heteroatoms. The van der Waals surface area contributed by atoms with Gasteiger partial charge in [-0.05, 0) is 32.6 Å². The zero-order chi connectivity index (χ0) is 13.2. The summed E-state index contributed by atoms with van der Waals surface area (Å²) in [6.45, 7) is 4.49. The van der Waals surface area contributed by atoms with Gasteiger partial charge in [-0.15, -0.1) is 17.0 Å². The summed E-state index contributed by atoms with van der Waals surface area (Å²) in [5.41, 5.74) is 10.9. The summed E-state index contributed by atoms with van der Waals surface area (Å²) in [5, 5.41) is 1.57. The van der Waals surface area contributed by atoms with E-state index >= 15 is 0 Å². The predicted molar refractivity (Wildman–Crippen MR) is 82.0 cm³/mol. The van der Waals surface area contributed by atoms with Crippen molar-refractivity contribution >= 4 is 28.9 Å². The Bertz CT molecular complexity index is 363. The zero-order valence-corrected chi connectivity index (χ0v) is 13.3. The highest BCUT2D eigenvalue weighted by Gasteiger charge is 2.33. The Morgan fingerprint density at radius 3 is 2.47 bits per heavy atom. The van der Waals surface area contributed by atoms with Crippen molar-refractivity contribution in [3.63, 3.8) is 0 Å². The van der Waals surface area contributed by atoms with Crippen LogP contribution in [0.4, 0.5) is 0 Å². The summed E-state index contributed by atoms with van der Waals surface area (Å²) in [6, 6.07) is 0. The minimum absolute atomic E-state index is 0. The standard InChI is InChI=1S/C12H23N5O.BrH/c1-12(2)16-10(13)15-11(14)17(12)18-8-9-6-4-3-5-7-9;/h9H,3-8H2,1-2H3,(H4,13,14,15,16);1H. The number of guanidine groups is 2. The quantitative estimate of drug-likeness (QED) is 0.823. The minimum Gasteiger partial charge on any atom is -0.368 e. The molecule has 0 aromatic carbocycles. The molecule has 19 heavy (non-hydrogen) atoms. The molecule has 0 radical (unpaired) electrons. The van der Waals surface area contributed by atoms with Crippen LogP contribution in [-0.2, 0) is 4.84 Å². The van der Waals surface area contributed by atoms with E-state index in [4.69, 9.17) is 16.3 Å². The maximum Gasteiger partial charge on any atom is 0.226 e. The van der Waals surface area contributed by atoms with Crippen LogP contribution in [-0.4, -0.2) is 29.3 Å². The Morgan fingerprint density at radius 2 is 1.89 bits per heavy atom. The van der Waals surface area contributed by atoms with Crippen LogP contribution < -0.4 is 11.5 Å². The number of nitrogens with two attached hydrogens (primary N) is 2. The van der Waals surface area contributed by atoms with E-state index in [0.29, 0.717) is 12.5 Å². The first kappa shape index (κ1) is 16.2. The van der Waals surface area contributed by atoms with Crippen molar-refractivity contribution in [3.05, 3.63) is 0 Å². The third-order valence-electron chi connectivity index (χ3n) is 3.49. The monoisotopic (exact) mass is 333 g/mol. The first-order chi connectivity index (χ1) is 8.49. The third kappa shape index (κ3) is 4.07. The molecular formula is C12H24BrN5O. The van der Waals surface area contributed by atoms with Gasteiger partial charge < -0.3 is 11.5 Å². The number of nitrogens with zero attached hydrogens (tertiary/aromatic N) is 3. The summed E-state index contributed by atoms with van der Waals surface area (Å²) in [5.74, 6) is 1.10. The maximum atomic E-state index is 5.85. The molecule has 0 unspecified atom stereocenters. The van der Waals surface area contributed by atoms with Gasteiger partial charge in [-0.3, -0.25) is 4.84 Å². The molecule has 2 rings (SSSR count). The van der Waals surface area contributed by atoms with E-state index in [0.717, 1.165) is 0 Å². The molecule has 2 aliphatic rings. The van der Waals surface area contributed by atoms with Crippen LogP contribution in [0.2, 0.25) is 0 Å². The van der Waals surface area contributed by atoms with Gasteiger partial charge in [0, 0.05) is 0 Å². The van der Waals surface area contributed by atoms with Crippen LogP contribution in [0.15, 0.2) is 9.98 Å². The van der Waals surface area contributed by atoms with E-state index < -0.39 is 5.66 Å². The van der Waals surface area contributed by atoms with Crippen molar-refractivity contribution in [2.75, 3.05) is 6.61 Å². The Hall–Kier alpha value is -0.820. The van der Waals surface area contributed by atoms with Gasteiger partial charge in [-0.1, -0.05) is 19.3 Å². The van der Waals surface area contributed by atoms with Gasteiger partial charge in [0.1, 0.15) is 0 Å². The fourth-order valence-electron chi connectivity index (χ4n) is 2.55. The van der Waals surface area contributed by atoms with Gasteiger partial charge >= 0.3 is 0 Å². The van der Waals surface area contributed by atoms with Gasteiger partial charge in [0.15, 0.2) is 5.66 Å². The van der Waals surface area contributed by atoms with Gasteiger partial charge in [-0.2, -0.15) is 10.1 Å². The molecular weight excluding hydrogens is 310 g/mol. The SMILES string of the molecule is Br.CC1(C)N=C(N)N=C(N)N1OCC1CCCCC1. The number of hydroxylamine groups is 2. The van der Waals surface area contributed by atoms with E-state index in [2.05, 4.69) is 9.98 Å². The highest BCUT2D eigenvalue weighted by atomic mass is 79.9. The molecule has 0 bridgehead atoms. The first-order valence-electron chi connectivity index (χ1n) is 6.61. The van der Waals surface area contributed by atoms with Gasteiger partial charge in [0.2, 0.25) is 11.9 Å². The highest BCUT2D eigenvalue weighted by molar-refractivity contribution is 8.93. The largest absolute Gasteiger partial charge is 0.368 e. The predicted octanol–water partition coefficient (Wildman–Crippen LogP) is 1.76. The van der Waals surface area contributed by atoms with Crippen LogP contribution in [0.3, 0.4) is 0 Å². The molecule has 0 amide bonds. The van der Waals surface area contributed by atoms with Crippen LogP contribution in [0.25, 0.3) is 0 Å². The van der Waals surface area contributed by atoms with E-state index in [-0.39, 0.29) is 28.9 Å². The normalized spacial score (nSPS) is 23.4. The molecule has 1 heterocycles. The Labute approximate surface area is 125 Å². The average molecular weight is 334 g/mol. The van der Waals surface area contributed by atoms with E-state index in [1.54, 1.807) is 5.06 Å². The highest BCUT2D eigenvalue weighted by Crippen LogP contribution is 2.26. The Balaban J connectivity index is 0.00000180. The Kier molecular flexibility index (Phi) is 5.61. The molecule has 4 N–H and O–H groups in total. The van der Waals surface area contributed by atoms with Crippen molar-refractivity contribution in [1.29, 1.82) is 0 Å². The van der Waals surface area contributed by atoms with Crippen molar-refractivity contribution in [2.45, 2.75) is 51.6 Å². The second-order valence-corrected chi connectivity index (χ2v) is 5.53. The van der Waals surface area contributed by atoms with Crippen molar-refractivity contribution in [3.8, 4) is 0 Å². The maximum absolute atomic E-state index is 5.85. The first-order valence-corrected chi connectivity index (χ1v) is 6.61. The lowest BCUT2D eigenvalue weighted by Crippen LogP contribution is -2.54. The molecule has 1 saturated carbocycles. The number of halogens is 1. The molecule has 1 aliphatic carbocycles. The summed E-state index contributed by atoms with van der Waals surface area (Å²) < 4.78 is 0. The molecule has 110 valence electrons. The van der Waals surface area contributed by atoms with Crippen LogP contribution >= 0.6 is 17.0 Å². The van der Waals surface area contributed by atoms with E-state index in [1.807, 2.05) is 13.8 Å². The number of hydrogen-bond acceptors (Lipinski definition) is 6. The van der Waals surface area contributed by atoms with Gasteiger partial charge in [-0.25, -0.2) is 4.99 Å².